The second-order valence-electron chi connectivity index (χ2n) is 3.13. The summed E-state index contributed by atoms with van der Waals surface area (Å²) in [6.45, 7) is 3.72. The average Bonchev–Trinajstić information content (AvgIpc) is 2.19. The molecule has 1 aliphatic carbocycles. The largest absolute Gasteiger partial charge is 0.496 e. The van der Waals surface area contributed by atoms with Gasteiger partial charge in [-0.3, -0.25) is 0 Å². The lowest BCUT2D eigenvalue weighted by atomic mass is 9.93. The van der Waals surface area contributed by atoms with Crippen LogP contribution in [0.4, 0.5) is 0 Å². The van der Waals surface area contributed by atoms with Crippen molar-refractivity contribution in [1.29, 1.82) is 0 Å². The van der Waals surface area contributed by atoms with E-state index in [9.17, 15) is 0 Å². The summed E-state index contributed by atoms with van der Waals surface area (Å²) in [6.07, 6.45) is 9.38. The van der Waals surface area contributed by atoms with Crippen molar-refractivity contribution in [2.45, 2.75) is 19.3 Å². The van der Waals surface area contributed by atoms with Crippen molar-refractivity contribution in [2.75, 3.05) is 7.11 Å². The first-order chi connectivity index (χ1) is 6.83. The Bertz CT molecular complexity index is 297. The maximum absolute atomic E-state index is 5.43. The standard InChI is InChI=1S/C12H15IO/c1-3-5-10-6-4-7-11(8-9-13)12(10)14-2/h3,5,8-9H,1,4,6-7H2,2H3/b9-8+,10-5?. The summed E-state index contributed by atoms with van der Waals surface area (Å²) < 4.78 is 7.46. The molecule has 14 heavy (non-hydrogen) atoms. The van der Waals surface area contributed by atoms with Gasteiger partial charge in [0.2, 0.25) is 0 Å². The number of rotatable bonds is 3. The molecule has 0 radical (unpaired) electrons. The Morgan fingerprint density at radius 3 is 2.79 bits per heavy atom. The third-order valence-electron chi connectivity index (χ3n) is 2.26. The van der Waals surface area contributed by atoms with Crippen LogP contribution in [0.25, 0.3) is 0 Å². The number of allylic oxidation sites excluding steroid dienone is 5. The minimum atomic E-state index is 1.03. The van der Waals surface area contributed by atoms with Crippen molar-refractivity contribution in [2.24, 2.45) is 0 Å². The van der Waals surface area contributed by atoms with Gasteiger partial charge in [0, 0.05) is 0 Å². The van der Waals surface area contributed by atoms with E-state index in [-0.39, 0.29) is 0 Å². The van der Waals surface area contributed by atoms with E-state index in [2.05, 4.69) is 35.2 Å². The van der Waals surface area contributed by atoms with Crippen LogP contribution >= 0.6 is 22.6 Å². The Morgan fingerprint density at radius 2 is 2.21 bits per heavy atom. The van der Waals surface area contributed by atoms with Crippen LogP contribution in [0.5, 0.6) is 0 Å². The zero-order chi connectivity index (χ0) is 10.4. The second kappa shape index (κ2) is 6.06. The lowest BCUT2D eigenvalue weighted by Crippen LogP contribution is -2.03. The van der Waals surface area contributed by atoms with E-state index in [0.29, 0.717) is 0 Å². The summed E-state index contributed by atoms with van der Waals surface area (Å²) >= 11 is 2.23. The van der Waals surface area contributed by atoms with E-state index in [4.69, 9.17) is 4.74 Å². The van der Waals surface area contributed by atoms with Crippen LogP contribution in [0, 0.1) is 0 Å². The zero-order valence-corrected chi connectivity index (χ0v) is 10.6. The number of hydrogen-bond acceptors (Lipinski definition) is 1. The van der Waals surface area contributed by atoms with Crippen LogP contribution in [0.15, 0.2) is 45.8 Å². The first-order valence-corrected chi connectivity index (χ1v) is 5.94. The Labute approximate surface area is 99.4 Å². The van der Waals surface area contributed by atoms with Gasteiger partial charge in [0.15, 0.2) is 0 Å². The monoisotopic (exact) mass is 302 g/mol. The van der Waals surface area contributed by atoms with Crippen molar-refractivity contribution in [1.82, 2.24) is 0 Å². The summed E-state index contributed by atoms with van der Waals surface area (Å²) in [7, 11) is 1.73. The van der Waals surface area contributed by atoms with Crippen LogP contribution in [0.3, 0.4) is 0 Å². The highest BCUT2D eigenvalue weighted by Gasteiger charge is 2.15. The lowest BCUT2D eigenvalue weighted by Gasteiger charge is -2.19. The summed E-state index contributed by atoms with van der Waals surface area (Å²) in [5.74, 6) is 1.03. The topological polar surface area (TPSA) is 9.23 Å². The van der Waals surface area contributed by atoms with E-state index < -0.39 is 0 Å². The summed E-state index contributed by atoms with van der Waals surface area (Å²) in [4.78, 5) is 0. The van der Waals surface area contributed by atoms with Gasteiger partial charge in [-0.25, -0.2) is 0 Å². The number of hydrogen-bond donors (Lipinski definition) is 0. The highest BCUT2D eigenvalue weighted by molar-refractivity contribution is 14.1. The van der Waals surface area contributed by atoms with Crippen molar-refractivity contribution in [3.8, 4) is 0 Å². The molecule has 1 nitrogen and oxygen atoms in total. The maximum Gasteiger partial charge on any atom is 0.125 e. The summed E-state index contributed by atoms with van der Waals surface area (Å²) in [5.41, 5.74) is 2.56. The fourth-order valence-corrected chi connectivity index (χ4v) is 2.14. The molecule has 0 N–H and O–H groups in total. The Kier molecular flexibility index (Phi) is 5.01. The molecule has 1 rings (SSSR count). The van der Waals surface area contributed by atoms with Gasteiger partial charge in [0.05, 0.1) is 7.11 Å². The quantitative estimate of drug-likeness (QED) is 0.712. The van der Waals surface area contributed by atoms with E-state index in [1.807, 2.05) is 16.2 Å². The van der Waals surface area contributed by atoms with Gasteiger partial charge < -0.3 is 4.74 Å². The highest BCUT2D eigenvalue weighted by Crippen LogP contribution is 2.30. The van der Waals surface area contributed by atoms with E-state index in [0.717, 1.165) is 18.6 Å². The number of ether oxygens (including phenoxy) is 1. The van der Waals surface area contributed by atoms with Crippen LogP contribution in [-0.2, 0) is 4.74 Å². The van der Waals surface area contributed by atoms with Crippen molar-refractivity contribution < 1.29 is 4.74 Å². The molecule has 0 heterocycles. The fraction of sp³-hybridized carbons (Fsp3) is 0.333. The van der Waals surface area contributed by atoms with Crippen LogP contribution in [0.1, 0.15) is 19.3 Å². The van der Waals surface area contributed by atoms with Gasteiger partial charge in [0.1, 0.15) is 5.76 Å². The molecule has 1 aliphatic rings. The van der Waals surface area contributed by atoms with Crippen LogP contribution in [-0.4, -0.2) is 7.11 Å². The predicted octanol–water partition coefficient (Wildman–Crippen LogP) is 4.13. The molecule has 0 saturated carbocycles. The van der Waals surface area contributed by atoms with Gasteiger partial charge in [0.25, 0.3) is 0 Å². The molecule has 0 aliphatic heterocycles. The molecule has 0 amide bonds. The minimum Gasteiger partial charge on any atom is -0.496 e. The Balaban J connectivity index is 3.06. The molecular weight excluding hydrogens is 287 g/mol. The third kappa shape index (κ3) is 2.74. The van der Waals surface area contributed by atoms with E-state index in [1.54, 1.807) is 7.11 Å². The van der Waals surface area contributed by atoms with E-state index in [1.165, 1.54) is 17.6 Å². The number of halogens is 1. The second-order valence-corrected chi connectivity index (χ2v) is 3.85. The predicted molar refractivity (Wildman–Crippen MR) is 69.3 cm³/mol. The molecule has 0 aromatic carbocycles. The van der Waals surface area contributed by atoms with Crippen LogP contribution < -0.4 is 0 Å². The summed E-state index contributed by atoms with van der Waals surface area (Å²) in [6, 6.07) is 0. The van der Waals surface area contributed by atoms with Gasteiger partial charge in [-0.1, -0.05) is 41.3 Å². The lowest BCUT2D eigenvalue weighted by molar-refractivity contribution is 0.289. The molecule has 0 aromatic heterocycles. The van der Waals surface area contributed by atoms with Crippen molar-refractivity contribution >= 4 is 22.6 Å². The molecule has 0 bridgehead atoms. The van der Waals surface area contributed by atoms with Crippen molar-refractivity contribution in [3.05, 3.63) is 45.8 Å². The fourth-order valence-electron chi connectivity index (χ4n) is 1.70. The molecule has 0 spiro atoms. The van der Waals surface area contributed by atoms with Gasteiger partial charge in [-0.05, 0) is 40.6 Å². The average molecular weight is 302 g/mol. The molecule has 0 atom stereocenters. The molecule has 0 fully saturated rings. The molecule has 2 heteroatoms. The van der Waals surface area contributed by atoms with Gasteiger partial charge in [-0.15, -0.1) is 0 Å². The Hall–Kier alpha value is -0.510. The molecular formula is C12H15IO. The molecule has 0 aromatic rings. The minimum absolute atomic E-state index is 1.03. The van der Waals surface area contributed by atoms with Gasteiger partial charge >= 0.3 is 0 Å². The first-order valence-electron chi connectivity index (χ1n) is 4.69. The smallest absolute Gasteiger partial charge is 0.125 e. The molecule has 0 saturated heterocycles. The SMILES string of the molecule is C=CC=C1CCCC(/C=C/I)=C1OC. The zero-order valence-electron chi connectivity index (χ0n) is 8.42. The van der Waals surface area contributed by atoms with Crippen LogP contribution in [0.2, 0.25) is 0 Å². The molecule has 0 unspecified atom stereocenters. The van der Waals surface area contributed by atoms with Crippen molar-refractivity contribution in [3.63, 3.8) is 0 Å². The normalized spacial score (nSPS) is 20.6. The van der Waals surface area contributed by atoms with Gasteiger partial charge in [-0.2, -0.15) is 0 Å². The van der Waals surface area contributed by atoms with E-state index >= 15 is 0 Å². The first kappa shape index (κ1) is 11.6. The maximum atomic E-state index is 5.43. The summed E-state index contributed by atoms with van der Waals surface area (Å²) in [5, 5.41) is 0. The third-order valence-corrected chi connectivity index (χ3v) is 2.62. The highest BCUT2D eigenvalue weighted by atomic mass is 127. The molecule has 76 valence electrons. The number of methoxy groups -OCH3 is 1. The Morgan fingerprint density at radius 1 is 1.43 bits per heavy atom.